The molecule has 1 aromatic heterocycles. The molecule has 19 heavy (non-hydrogen) atoms. The summed E-state index contributed by atoms with van der Waals surface area (Å²) in [7, 11) is -2.62. The molecule has 0 aliphatic carbocycles. The molecule has 0 unspecified atom stereocenters. The summed E-state index contributed by atoms with van der Waals surface area (Å²) in [6.07, 6.45) is 0. The van der Waals surface area contributed by atoms with E-state index in [0.717, 1.165) is 0 Å². The van der Waals surface area contributed by atoms with E-state index in [1.165, 1.54) is 0 Å². The summed E-state index contributed by atoms with van der Waals surface area (Å²) >= 11 is 0. The second-order valence-corrected chi connectivity index (χ2v) is 18.5. The molecule has 0 radical (unpaired) electrons. The van der Waals surface area contributed by atoms with Gasteiger partial charge in [0.25, 0.3) is 0 Å². The first-order valence-electron chi connectivity index (χ1n) is 7.64. The summed E-state index contributed by atoms with van der Waals surface area (Å²) in [5, 5.41) is 3.20. The lowest BCUT2D eigenvalue weighted by Crippen LogP contribution is -2.45. The van der Waals surface area contributed by atoms with E-state index in [1.54, 1.807) is 21.8 Å². The van der Waals surface area contributed by atoms with Crippen LogP contribution in [0.25, 0.3) is 0 Å². The van der Waals surface area contributed by atoms with Crippen molar-refractivity contribution < 1.29 is 0 Å². The van der Waals surface area contributed by atoms with Gasteiger partial charge in [0.1, 0.15) is 0 Å². The quantitative estimate of drug-likeness (QED) is 0.795. The van der Waals surface area contributed by atoms with Gasteiger partial charge in [-0.05, 0) is 23.0 Å². The summed E-state index contributed by atoms with van der Waals surface area (Å²) < 4.78 is 0. The van der Waals surface area contributed by atoms with Crippen LogP contribution in [-0.4, -0.2) is 21.1 Å². The molecule has 1 rings (SSSR count). The van der Waals surface area contributed by atoms with Crippen LogP contribution in [0.1, 0.15) is 50.7 Å². The molecule has 0 saturated heterocycles. The fourth-order valence-corrected chi connectivity index (χ4v) is 6.50. The van der Waals surface area contributed by atoms with Crippen LogP contribution in [-0.2, 0) is 0 Å². The Morgan fingerprint density at radius 1 is 0.632 bits per heavy atom. The summed E-state index contributed by atoms with van der Waals surface area (Å²) in [5.74, 6) is 1.25. The molecule has 3 heteroatoms. The second kappa shape index (κ2) is 5.25. The van der Waals surface area contributed by atoms with Crippen molar-refractivity contribution in [1.29, 1.82) is 0 Å². The molecule has 110 valence electrons. The van der Waals surface area contributed by atoms with Gasteiger partial charge in [-0.25, -0.2) is 0 Å². The van der Waals surface area contributed by atoms with E-state index in [4.69, 9.17) is 0 Å². The first kappa shape index (κ1) is 16.8. The molecule has 0 fully saturated rings. The van der Waals surface area contributed by atoms with Gasteiger partial charge in [0.15, 0.2) is 0 Å². The molecule has 1 heterocycles. The predicted octanol–water partition coefficient (Wildman–Crippen LogP) is 4.35. The van der Waals surface area contributed by atoms with Gasteiger partial charge < -0.3 is 4.98 Å². The predicted molar refractivity (Wildman–Crippen MR) is 94.9 cm³/mol. The van der Waals surface area contributed by atoms with E-state index in [9.17, 15) is 0 Å². The van der Waals surface area contributed by atoms with Gasteiger partial charge >= 0.3 is 0 Å². The summed E-state index contributed by atoms with van der Waals surface area (Å²) in [4.78, 5) is 3.92. The van der Waals surface area contributed by atoms with Gasteiger partial charge in [0.2, 0.25) is 0 Å². The SMILES string of the molecule is CC(C)c1c([Si](C)(C)C)[nH]c([Si](C)(C)C)c1C(C)C. The maximum atomic E-state index is 3.92. The van der Waals surface area contributed by atoms with Crippen LogP contribution in [0.5, 0.6) is 0 Å². The highest BCUT2D eigenvalue weighted by molar-refractivity contribution is 6.91. The Balaban J connectivity index is 3.70. The molecule has 1 N–H and O–H groups in total. The van der Waals surface area contributed by atoms with E-state index < -0.39 is 16.1 Å². The largest absolute Gasteiger partial charge is 0.369 e. The molecular formula is C16H33NSi2. The van der Waals surface area contributed by atoms with Crippen LogP contribution in [0, 0.1) is 0 Å². The van der Waals surface area contributed by atoms with Gasteiger partial charge in [-0.15, -0.1) is 0 Å². The molecule has 0 aliphatic rings. The Kier molecular flexibility index (Phi) is 4.63. The van der Waals surface area contributed by atoms with Crippen molar-refractivity contribution in [3.63, 3.8) is 0 Å². The molecule has 0 amide bonds. The van der Waals surface area contributed by atoms with Crippen molar-refractivity contribution in [3.05, 3.63) is 11.1 Å². The van der Waals surface area contributed by atoms with Crippen molar-refractivity contribution in [1.82, 2.24) is 4.98 Å². The van der Waals surface area contributed by atoms with Crippen molar-refractivity contribution >= 4 is 26.8 Å². The highest BCUT2D eigenvalue weighted by Gasteiger charge is 2.33. The van der Waals surface area contributed by atoms with Crippen LogP contribution in [0.3, 0.4) is 0 Å². The van der Waals surface area contributed by atoms with Gasteiger partial charge in [-0.1, -0.05) is 67.0 Å². The van der Waals surface area contributed by atoms with Gasteiger partial charge in [0.05, 0.1) is 16.1 Å². The standard InChI is InChI=1S/C16H33NSi2/c1-11(2)13-14(12(3)4)16(19(8,9)10)17-15(13)18(5,6)7/h11-12,17H,1-10H3. The zero-order valence-corrected chi connectivity index (χ0v) is 16.7. The number of H-pyrrole nitrogens is 1. The Morgan fingerprint density at radius 3 is 1.05 bits per heavy atom. The Bertz CT molecular complexity index is 402. The zero-order valence-electron chi connectivity index (χ0n) is 14.7. The number of hydrogen-bond donors (Lipinski definition) is 1. The molecular weight excluding hydrogens is 262 g/mol. The van der Waals surface area contributed by atoms with Crippen LogP contribution >= 0.6 is 0 Å². The van der Waals surface area contributed by atoms with Gasteiger partial charge in [-0.3, -0.25) is 0 Å². The average Bonchev–Trinajstić information content (AvgIpc) is 2.54. The van der Waals surface area contributed by atoms with Crippen LogP contribution in [0.15, 0.2) is 0 Å². The third-order valence-electron chi connectivity index (χ3n) is 3.73. The maximum absolute atomic E-state index is 3.92. The minimum Gasteiger partial charge on any atom is -0.369 e. The Morgan fingerprint density at radius 2 is 0.895 bits per heavy atom. The highest BCUT2D eigenvalue weighted by Crippen LogP contribution is 2.27. The molecule has 0 spiro atoms. The normalized spacial score (nSPS) is 13.7. The lowest BCUT2D eigenvalue weighted by Gasteiger charge is -2.22. The number of nitrogens with one attached hydrogen (secondary N) is 1. The maximum Gasteiger partial charge on any atom is 0.0985 e. The third-order valence-corrected chi connectivity index (χ3v) is 7.52. The van der Waals surface area contributed by atoms with Crippen molar-refractivity contribution in [2.24, 2.45) is 0 Å². The second-order valence-electron chi connectivity index (χ2n) is 8.51. The Labute approximate surface area is 122 Å². The van der Waals surface area contributed by atoms with Crippen molar-refractivity contribution in [3.8, 4) is 0 Å². The molecule has 1 nitrogen and oxygen atoms in total. The molecule has 0 atom stereocenters. The van der Waals surface area contributed by atoms with E-state index in [0.29, 0.717) is 11.8 Å². The summed E-state index contributed by atoms with van der Waals surface area (Å²) in [6, 6.07) is 0. The number of rotatable bonds is 4. The first-order chi connectivity index (χ1) is 8.37. The number of aromatic nitrogens is 1. The zero-order chi connectivity index (χ0) is 15.2. The van der Waals surface area contributed by atoms with E-state index in [1.807, 2.05) is 0 Å². The smallest absolute Gasteiger partial charge is 0.0985 e. The first-order valence-corrected chi connectivity index (χ1v) is 14.6. The monoisotopic (exact) mass is 295 g/mol. The topological polar surface area (TPSA) is 15.8 Å². The van der Waals surface area contributed by atoms with Crippen molar-refractivity contribution in [2.75, 3.05) is 0 Å². The van der Waals surface area contributed by atoms with Gasteiger partial charge in [-0.2, -0.15) is 0 Å². The lowest BCUT2D eigenvalue weighted by atomic mass is 9.95. The number of hydrogen-bond acceptors (Lipinski definition) is 0. The minimum absolute atomic E-state index is 0.625. The lowest BCUT2D eigenvalue weighted by molar-refractivity contribution is 0.805. The molecule has 0 bridgehead atoms. The minimum atomic E-state index is -1.31. The fraction of sp³-hybridized carbons (Fsp3) is 0.750. The average molecular weight is 296 g/mol. The van der Waals surface area contributed by atoms with E-state index in [2.05, 4.69) is 72.0 Å². The molecule has 0 aliphatic heterocycles. The Hall–Kier alpha value is -0.286. The molecule has 0 saturated carbocycles. The highest BCUT2D eigenvalue weighted by atomic mass is 28.3. The van der Waals surface area contributed by atoms with Crippen LogP contribution in [0.2, 0.25) is 39.3 Å². The van der Waals surface area contributed by atoms with Crippen molar-refractivity contribution in [2.45, 2.75) is 78.8 Å². The van der Waals surface area contributed by atoms with Crippen LogP contribution in [0.4, 0.5) is 0 Å². The summed E-state index contributed by atoms with van der Waals surface area (Å²) in [6.45, 7) is 24.2. The molecule has 1 aromatic rings. The van der Waals surface area contributed by atoms with E-state index >= 15 is 0 Å². The number of aromatic amines is 1. The summed E-state index contributed by atoms with van der Waals surface area (Å²) in [5.41, 5.74) is 3.29. The van der Waals surface area contributed by atoms with Gasteiger partial charge in [0, 0.05) is 10.6 Å². The fourth-order valence-electron chi connectivity index (χ4n) is 2.91. The third kappa shape index (κ3) is 3.43. The molecule has 0 aromatic carbocycles. The van der Waals surface area contributed by atoms with Crippen LogP contribution < -0.4 is 10.6 Å². The van der Waals surface area contributed by atoms with E-state index in [-0.39, 0.29) is 0 Å².